The Morgan fingerprint density at radius 1 is 0.667 bits per heavy atom. The quantitative estimate of drug-likeness (QED) is 0.406. The highest BCUT2D eigenvalue weighted by atomic mass is 15.3. The number of nitrogens with zero attached hydrogens (tertiary/aromatic N) is 5. The summed E-state index contributed by atoms with van der Waals surface area (Å²) in [6, 6.07) is 25.5. The highest BCUT2D eigenvalue weighted by molar-refractivity contribution is 6.32. The van der Waals surface area contributed by atoms with Crippen LogP contribution in [0, 0.1) is 0 Å². The van der Waals surface area contributed by atoms with Gasteiger partial charge in [0, 0.05) is 42.9 Å². The number of benzene rings is 4. The second kappa shape index (κ2) is 7.48. The zero-order valence-electron chi connectivity index (χ0n) is 18.9. The first-order chi connectivity index (χ1) is 16.2. The van der Waals surface area contributed by atoms with Crippen molar-refractivity contribution in [2.24, 2.45) is 20.0 Å². The Balaban J connectivity index is 1.58. The molecule has 0 atom stereocenters. The van der Waals surface area contributed by atoms with Gasteiger partial charge in [-0.25, -0.2) is 9.98 Å². The normalized spacial score (nSPS) is 18.6. The summed E-state index contributed by atoms with van der Waals surface area (Å²) in [6.07, 6.45) is 0. The highest BCUT2D eigenvalue weighted by Gasteiger charge is 2.32. The van der Waals surface area contributed by atoms with E-state index in [1.807, 2.05) is 7.05 Å². The lowest BCUT2D eigenvalue weighted by Crippen LogP contribution is -2.31. The maximum Gasteiger partial charge on any atom is 0.164 e. The van der Waals surface area contributed by atoms with E-state index in [0.29, 0.717) is 5.84 Å². The number of fused-ring (bicyclic) bond motifs is 4. The van der Waals surface area contributed by atoms with Crippen LogP contribution in [0.25, 0.3) is 21.5 Å². The molecule has 0 radical (unpaired) electrons. The minimum Gasteiger partial charge on any atom is -0.311 e. The fourth-order valence-corrected chi connectivity index (χ4v) is 4.85. The highest BCUT2D eigenvalue weighted by Crippen LogP contribution is 2.31. The summed E-state index contributed by atoms with van der Waals surface area (Å²) in [7, 11) is 3.63. The van der Waals surface area contributed by atoms with Gasteiger partial charge in [0.2, 0.25) is 0 Å². The zero-order valence-corrected chi connectivity index (χ0v) is 18.9. The number of aliphatic imine (C=N–C) groups is 4. The van der Waals surface area contributed by atoms with Crippen molar-refractivity contribution >= 4 is 44.9 Å². The fraction of sp³-hybridized carbons (Fsp3) is 0.143. The number of rotatable bonds is 1. The van der Waals surface area contributed by atoms with E-state index in [2.05, 4.69) is 94.6 Å². The predicted molar refractivity (Wildman–Crippen MR) is 138 cm³/mol. The molecule has 0 bridgehead atoms. The van der Waals surface area contributed by atoms with Gasteiger partial charge in [-0.3, -0.25) is 9.98 Å². The lowest BCUT2D eigenvalue weighted by Gasteiger charge is -2.17. The predicted octanol–water partition coefficient (Wildman–Crippen LogP) is 5.29. The van der Waals surface area contributed by atoms with Crippen LogP contribution in [0.5, 0.6) is 0 Å². The third-order valence-corrected chi connectivity index (χ3v) is 6.41. The molecule has 160 valence electrons. The lowest BCUT2D eigenvalue weighted by atomic mass is 10.0. The van der Waals surface area contributed by atoms with E-state index in [4.69, 9.17) is 9.98 Å². The molecule has 2 aliphatic rings. The summed E-state index contributed by atoms with van der Waals surface area (Å²) in [5.74, 6) is 3.24. The second-order valence-electron chi connectivity index (χ2n) is 8.20. The van der Waals surface area contributed by atoms with Crippen molar-refractivity contribution in [3.63, 3.8) is 0 Å². The monoisotopic (exact) mass is 429 g/mol. The van der Waals surface area contributed by atoms with E-state index in [1.54, 1.807) is 7.05 Å². The Morgan fingerprint density at radius 2 is 1.18 bits per heavy atom. The Hall–Kier alpha value is -4.12. The molecular formula is C28H23N5. The lowest BCUT2D eigenvalue weighted by molar-refractivity contribution is 0.656. The summed E-state index contributed by atoms with van der Waals surface area (Å²) in [4.78, 5) is 21.2. The van der Waals surface area contributed by atoms with Gasteiger partial charge < -0.3 is 4.90 Å². The van der Waals surface area contributed by atoms with Gasteiger partial charge in [-0.1, -0.05) is 48.5 Å². The van der Waals surface area contributed by atoms with Crippen LogP contribution >= 0.6 is 0 Å². The molecular weight excluding hydrogens is 406 g/mol. The van der Waals surface area contributed by atoms with Crippen molar-refractivity contribution in [3.05, 3.63) is 95.1 Å². The molecule has 0 saturated heterocycles. The van der Waals surface area contributed by atoms with Gasteiger partial charge in [-0.15, -0.1) is 0 Å². The maximum absolute atomic E-state index is 5.15. The van der Waals surface area contributed by atoms with Crippen molar-refractivity contribution in [1.29, 1.82) is 0 Å². The van der Waals surface area contributed by atoms with Crippen molar-refractivity contribution in [2.45, 2.75) is 6.92 Å². The first kappa shape index (κ1) is 19.6. The van der Waals surface area contributed by atoms with Gasteiger partial charge in [0.15, 0.2) is 11.7 Å². The number of hydrogen-bond donors (Lipinski definition) is 0. The van der Waals surface area contributed by atoms with Crippen LogP contribution in [-0.2, 0) is 0 Å². The molecule has 0 amide bonds. The SMILES string of the molecule is CCN1C(=NC)c2cc3ccccc3cc2C1=NC1=NC(=NC)c2cc3ccccc3cc21. The Kier molecular flexibility index (Phi) is 4.44. The standard InChI is InChI=1S/C28H23N5/c1-4-33-27(30-3)23-15-19-11-7-8-12-20(19)16-24(23)28(33)32-26-22-14-18-10-6-5-9-17(18)13-21(22)25(29-2)31-26/h5-16H,4H2,1-3H3. The molecule has 0 N–H and O–H groups in total. The van der Waals surface area contributed by atoms with E-state index in [0.717, 1.165) is 46.3 Å². The van der Waals surface area contributed by atoms with Gasteiger partial charge in [0.25, 0.3) is 0 Å². The van der Waals surface area contributed by atoms with E-state index in [9.17, 15) is 0 Å². The van der Waals surface area contributed by atoms with Crippen molar-refractivity contribution in [2.75, 3.05) is 20.6 Å². The van der Waals surface area contributed by atoms with Gasteiger partial charge >= 0.3 is 0 Å². The molecule has 0 aliphatic carbocycles. The second-order valence-corrected chi connectivity index (χ2v) is 8.20. The third kappa shape index (κ3) is 2.93. The first-order valence-electron chi connectivity index (χ1n) is 11.2. The van der Waals surface area contributed by atoms with Crippen LogP contribution in [0.3, 0.4) is 0 Å². The van der Waals surface area contributed by atoms with E-state index in [-0.39, 0.29) is 0 Å². The van der Waals surface area contributed by atoms with Crippen LogP contribution in [0.1, 0.15) is 29.2 Å². The number of amidine groups is 4. The molecule has 4 aromatic carbocycles. The summed E-state index contributed by atoms with van der Waals surface area (Å²) in [6.45, 7) is 2.90. The topological polar surface area (TPSA) is 52.7 Å². The van der Waals surface area contributed by atoms with E-state index < -0.39 is 0 Å². The van der Waals surface area contributed by atoms with Crippen molar-refractivity contribution in [3.8, 4) is 0 Å². The average Bonchev–Trinajstić information content (AvgIpc) is 3.35. The Morgan fingerprint density at radius 3 is 1.70 bits per heavy atom. The summed E-state index contributed by atoms with van der Waals surface area (Å²) in [5.41, 5.74) is 4.24. The Bertz CT molecular complexity index is 1570. The molecule has 0 unspecified atom stereocenters. The van der Waals surface area contributed by atoms with Gasteiger partial charge in [-0.2, -0.15) is 0 Å². The zero-order chi connectivity index (χ0) is 22.5. The van der Waals surface area contributed by atoms with Crippen molar-refractivity contribution < 1.29 is 0 Å². The van der Waals surface area contributed by atoms with Crippen LogP contribution in [-0.4, -0.2) is 48.9 Å². The van der Waals surface area contributed by atoms with Gasteiger partial charge in [0.05, 0.1) is 0 Å². The van der Waals surface area contributed by atoms with Crippen LogP contribution < -0.4 is 0 Å². The molecule has 4 aromatic rings. The molecule has 0 fully saturated rings. The molecule has 0 saturated carbocycles. The van der Waals surface area contributed by atoms with Gasteiger partial charge in [0.1, 0.15) is 11.7 Å². The summed E-state index contributed by atoms with van der Waals surface area (Å²) < 4.78 is 0. The third-order valence-electron chi connectivity index (χ3n) is 6.41. The van der Waals surface area contributed by atoms with Crippen LogP contribution in [0.15, 0.2) is 92.8 Å². The van der Waals surface area contributed by atoms with E-state index in [1.165, 1.54) is 21.5 Å². The maximum atomic E-state index is 5.15. The minimum atomic E-state index is 0.696. The molecule has 2 heterocycles. The largest absolute Gasteiger partial charge is 0.311 e. The number of hydrogen-bond acceptors (Lipinski definition) is 3. The average molecular weight is 430 g/mol. The van der Waals surface area contributed by atoms with Crippen LogP contribution in [0.2, 0.25) is 0 Å². The molecule has 5 nitrogen and oxygen atoms in total. The minimum absolute atomic E-state index is 0.696. The molecule has 0 spiro atoms. The Labute approximate surface area is 192 Å². The molecule has 6 rings (SSSR count). The first-order valence-corrected chi connectivity index (χ1v) is 11.2. The summed E-state index contributed by atoms with van der Waals surface area (Å²) in [5, 5.41) is 4.73. The molecule has 5 heteroatoms. The molecule has 33 heavy (non-hydrogen) atoms. The van der Waals surface area contributed by atoms with E-state index >= 15 is 0 Å². The van der Waals surface area contributed by atoms with Gasteiger partial charge in [-0.05, 0) is 52.7 Å². The summed E-state index contributed by atoms with van der Waals surface area (Å²) >= 11 is 0. The van der Waals surface area contributed by atoms with Crippen LogP contribution in [0.4, 0.5) is 0 Å². The fourth-order valence-electron chi connectivity index (χ4n) is 4.85. The molecule has 2 aliphatic heterocycles. The smallest absolute Gasteiger partial charge is 0.164 e. The molecule has 0 aromatic heterocycles. The van der Waals surface area contributed by atoms with Crippen molar-refractivity contribution in [1.82, 2.24) is 4.90 Å².